The van der Waals surface area contributed by atoms with Crippen LogP contribution in [0.5, 0.6) is 5.75 Å². The number of rotatable bonds is 6. The Morgan fingerprint density at radius 2 is 2.00 bits per heavy atom. The van der Waals surface area contributed by atoms with Gasteiger partial charge in [0.25, 0.3) is 0 Å². The molecule has 0 saturated heterocycles. The average Bonchev–Trinajstić information content (AvgIpc) is 2.44. The van der Waals surface area contributed by atoms with E-state index in [1.165, 1.54) is 25.3 Å². The van der Waals surface area contributed by atoms with Crippen molar-refractivity contribution < 1.29 is 28.9 Å². The Balaban J connectivity index is 2.57. The normalized spacial score (nSPS) is 14.0. The Hall–Kier alpha value is -1.86. The first kappa shape index (κ1) is 19.2. The summed E-state index contributed by atoms with van der Waals surface area (Å²) >= 11 is 0. The molecule has 1 aromatic carbocycles. The summed E-state index contributed by atoms with van der Waals surface area (Å²) in [5.41, 5.74) is -0.464. The number of nitrogens with one attached hydrogen (secondary N) is 1. The number of para-hydroxylation sites is 1. The van der Waals surface area contributed by atoms with Crippen molar-refractivity contribution in [1.82, 2.24) is 5.32 Å². The molecule has 0 aliphatic carbocycles. The SMILES string of the molecule is COc1c(F)cccc1C(O)C(O)CCNC(=O)OC(C)(C)C. The monoisotopic (exact) mass is 329 g/mol. The third-order valence-electron chi connectivity index (χ3n) is 2.99. The highest BCUT2D eigenvalue weighted by Crippen LogP contribution is 2.30. The zero-order valence-corrected chi connectivity index (χ0v) is 13.8. The van der Waals surface area contributed by atoms with Gasteiger partial charge in [-0.05, 0) is 33.3 Å². The molecule has 0 aliphatic rings. The molecular weight excluding hydrogens is 305 g/mol. The number of amides is 1. The number of alkyl carbamates (subject to hydrolysis) is 1. The van der Waals surface area contributed by atoms with Gasteiger partial charge in [-0.3, -0.25) is 0 Å². The number of methoxy groups -OCH3 is 1. The summed E-state index contributed by atoms with van der Waals surface area (Å²) in [5, 5.41) is 22.6. The summed E-state index contributed by atoms with van der Waals surface area (Å²) in [6, 6.07) is 4.09. The van der Waals surface area contributed by atoms with Gasteiger partial charge in [-0.15, -0.1) is 0 Å². The zero-order valence-electron chi connectivity index (χ0n) is 13.8. The molecule has 0 bridgehead atoms. The van der Waals surface area contributed by atoms with Crippen LogP contribution in [0.25, 0.3) is 0 Å². The largest absolute Gasteiger partial charge is 0.493 e. The van der Waals surface area contributed by atoms with Crippen LogP contribution in [-0.4, -0.2) is 41.7 Å². The topological polar surface area (TPSA) is 88.0 Å². The molecule has 3 N–H and O–H groups in total. The van der Waals surface area contributed by atoms with Gasteiger partial charge in [-0.2, -0.15) is 0 Å². The summed E-state index contributed by atoms with van der Waals surface area (Å²) in [7, 11) is 1.28. The van der Waals surface area contributed by atoms with Crippen molar-refractivity contribution in [3.05, 3.63) is 29.6 Å². The molecule has 0 spiro atoms. The van der Waals surface area contributed by atoms with Gasteiger partial charge in [0.2, 0.25) is 0 Å². The highest BCUT2D eigenvalue weighted by atomic mass is 19.1. The fraction of sp³-hybridized carbons (Fsp3) is 0.562. The second-order valence-corrected chi connectivity index (χ2v) is 6.09. The molecule has 2 atom stereocenters. The molecule has 7 heteroatoms. The Kier molecular flexibility index (Phi) is 6.78. The average molecular weight is 329 g/mol. The number of hydrogen-bond acceptors (Lipinski definition) is 5. The first-order chi connectivity index (χ1) is 10.7. The lowest BCUT2D eigenvalue weighted by Gasteiger charge is -2.22. The highest BCUT2D eigenvalue weighted by molar-refractivity contribution is 5.67. The van der Waals surface area contributed by atoms with Gasteiger partial charge in [0.15, 0.2) is 11.6 Å². The molecule has 1 rings (SSSR count). The van der Waals surface area contributed by atoms with Crippen LogP contribution in [0.3, 0.4) is 0 Å². The number of ether oxygens (including phenoxy) is 2. The van der Waals surface area contributed by atoms with E-state index in [-0.39, 0.29) is 24.3 Å². The number of benzene rings is 1. The van der Waals surface area contributed by atoms with E-state index in [1.54, 1.807) is 20.8 Å². The molecule has 1 aromatic rings. The third-order valence-corrected chi connectivity index (χ3v) is 2.99. The quantitative estimate of drug-likeness (QED) is 0.744. The van der Waals surface area contributed by atoms with Crippen LogP contribution < -0.4 is 10.1 Å². The van der Waals surface area contributed by atoms with Crippen molar-refractivity contribution in [1.29, 1.82) is 0 Å². The lowest BCUT2D eigenvalue weighted by atomic mass is 10.0. The Bertz CT molecular complexity index is 530. The number of aliphatic hydroxyl groups excluding tert-OH is 2. The second-order valence-electron chi connectivity index (χ2n) is 6.09. The van der Waals surface area contributed by atoms with E-state index in [0.717, 1.165) is 0 Å². The molecule has 130 valence electrons. The van der Waals surface area contributed by atoms with Gasteiger partial charge in [0.05, 0.1) is 13.2 Å². The Morgan fingerprint density at radius 3 is 2.57 bits per heavy atom. The van der Waals surface area contributed by atoms with E-state index in [4.69, 9.17) is 9.47 Å². The van der Waals surface area contributed by atoms with Crippen molar-refractivity contribution in [2.24, 2.45) is 0 Å². The number of halogens is 1. The molecule has 1 amide bonds. The van der Waals surface area contributed by atoms with Crippen LogP contribution in [0.4, 0.5) is 9.18 Å². The van der Waals surface area contributed by atoms with Crippen molar-refractivity contribution in [2.45, 2.75) is 45.0 Å². The van der Waals surface area contributed by atoms with E-state index >= 15 is 0 Å². The van der Waals surface area contributed by atoms with Crippen LogP contribution in [0.2, 0.25) is 0 Å². The molecule has 0 aliphatic heterocycles. The molecular formula is C16H24FNO5. The summed E-state index contributed by atoms with van der Waals surface area (Å²) in [5.74, 6) is -0.734. The predicted molar refractivity (Wildman–Crippen MR) is 82.8 cm³/mol. The smallest absolute Gasteiger partial charge is 0.407 e. The molecule has 6 nitrogen and oxygen atoms in total. The number of carbonyl (C=O) groups is 1. The molecule has 0 fully saturated rings. The summed E-state index contributed by atoms with van der Waals surface area (Å²) in [6.45, 7) is 5.31. The minimum atomic E-state index is -1.33. The summed E-state index contributed by atoms with van der Waals surface area (Å²) < 4.78 is 23.6. The van der Waals surface area contributed by atoms with Crippen molar-refractivity contribution >= 4 is 6.09 Å². The number of hydrogen-bond donors (Lipinski definition) is 3. The van der Waals surface area contributed by atoms with Gasteiger partial charge >= 0.3 is 6.09 Å². The van der Waals surface area contributed by atoms with Crippen LogP contribution in [0, 0.1) is 5.82 Å². The van der Waals surface area contributed by atoms with Gasteiger partial charge in [-0.1, -0.05) is 12.1 Å². The maximum Gasteiger partial charge on any atom is 0.407 e. The maximum atomic E-state index is 13.6. The van der Waals surface area contributed by atoms with E-state index < -0.39 is 29.7 Å². The molecule has 0 radical (unpaired) electrons. The lowest BCUT2D eigenvalue weighted by Crippen LogP contribution is -2.34. The first-order valence-corrected chi connectivity index (χ1v) is 7.31. The molecule has 0 heterocycles. The highest BCUT2D eigenvalue weighted by Gasteiger charge is 2.24. The van der Waals surface area contributed by atoms with Crippen LogP contribution in [-0.2, 0) is 4.74 Å². The fourth-order valence-electron chi connectivity index (χ4n) is 1.98. The minimum Gasteiger partial charge on any atom is -0.493 e. The van der Waals surface area contributed by atoms with Crippen molar-refractivity contribution in [3.8, 4) is 5.75 Å². The van der Waals surface area contributed by atoms with Crippen LogP contribution in [0.1, 0.15) is 38.9 Å². The van der Waals surface area contributed by atoms with Crippen molar-refractivity contribution in [3.63, 3.8) is 0 Å². The first-order valence-electron chi connectivity index (χ1n) is 7.31. The zero-order chi connectivity index (χ0) is 17.6. The van der Waals surface area contributed by atoms with Gasteiger partial charge in [0, 0.05) is 12.1 Å². The van der Waals surface area contributed by atoms with Gasteiger partial charge in [-0.25, -0.2) is 9.18 Å². The van der Waals surface area contributed by atoms with E-state index in [0.29, 0.717) is 0 Å². The van der Waals surface area contributed by atoms with Crippen LogP contribution in [0.15, 0.2) is 18.2 Å². The second kappa shape index (κ2) is 8.12. The standard InChI is InChI=1S/C16H24FNO5/c1-16(2,3)23-15(21)18-9-8-12(19)13(20)10-6-5-7-11(17)14(10)22-4/h5-7,12-13,19-20H,8-9H2,1-4H3,(H,18,21). The molecule has 2 unspecified atom stereocenters. The van der Waals surface area contributed by atoms with E-state index in [1.807, 2.05) is 0 Å². The van der Waals surface area contributed by atoms with Gasteiger partial charge < -0.3 is 25.0 Å². The maximum absolute atomic E-state index is 13.6. The molecule has 0 aromatic heterocycles. The summed E-state index contributed by atoms with van der Waals surface area (Å²) in [4.78, 5) is 11.5. The Labute approximate surface area is 135 Å². The summed E-state index contributed by atoms with van der Waals surface area (Å²) in [6.07, 6.45) is -3.07. The molecule has 0 saturated carbocycles. The number of aliphatic hydroxyl groups is 2. The number of carbonyl (C=O) groups excluding carboxylic acids is 1. The van der Waals surface area contributed by atoms with Gasteiger partial charge in [0.1, 0.15) is 11.7 Å². The van der Waals surface area contributed by atoms with E-state index in [2.05, 4.69) is 5.32 Å². The molecule has 23 heavy (non-hydrogen) atoms. The lowest BCUT2D eigenvalue weighted by molar-refractivity contribution is 0.0108. The third kappa shape index (κ3) is 6.03. The van der Waals surface area contributed by atoms with Crippen molar-refractivity contribution in [2.75, 3.05) is 13.7 Å². The minimum absolute atomic E-state index is 0.0695. The Morgan fingerprint density at radius 1 is 1.35 bits per heavy atom. The van der Waals surface area contributed by atoms with E-state index in [9.17, 15) is 19.4 Å². The predicted octanol–water partition coefficient (Wildman–Crippen LogP) is 2.14. The van der Waals surface area contributed by atoms with Crippen LogP contribution >= 0.6 is 0 Å². The fourth-order valence-corrected chi connectivity index (χ4v) is 1.98.